The van der Waals surface area contributed by atoms with Crippen molar-refractivity contribution in [2.24, 2.45) is 5.10 Å². The maximum atomic E-state index is 12.0. The van der Waals surface area contributed by atoms with E-state index in [1.165, 1.54) is 0 Å². The fraction of sp³-hybridized carbons (Fsp3) is 0.0435. The fourth-order valence-corrected chi connectivity index (χ4v) is 3.33. The van der Waals surface area contributed by atoms with Crippen LogP contribution in [-0.2, 0) is 4.79 Å². The average molecular weight is 433 g/mol. The van der Waals surface area contributed by atoms with Gasteiger partial charge in [0.15, 0.2) is 6.61 Å². The molecule has 4 aromatic carbocycles. The summed E-state index contributed by atoms with van der Waals surface area (Å²) in [4.78, 5) is 12.0. The summed E-state index contributed by atoms with van der Waals surface area (Å²) in [5.41, 5.74) is 3.51. The van der Waals surface area contributed by atoms with E-state index in [0.717, 1.165) is 31.6 Å². The highest BCUT2D eigenvalue weighted by Crippen LogP contribution is 2.27. The quantitative estimate of drug-likeness (QED) is 0.264. The number of fused-ring (bicyclic) bond motifs is 2. The molecule has 0 unspecified atom stereocenters. The van der Waals surface area contributed by atoms with E-state index in [4.69, 9.17) is 4.74 Å². The van der Waals surface area contributed by atoms with Crippen molar-refractivity contribution in [2.45, 2.75) is 0 Å². The van der Waals surface area contributed by atoms with Crippen molar-refractivity contribution >= 4 is 49.6 Å². The molecule has 0 bridgehead atoms. The van der Waals surface area contributed by atoms with E-state index in [-0.39, 0.29) is 12.5 Å². The second-order valence-corrected chi connectivity index (χ2v) is 7.18. The topological polar surface area (TPSA) is 50.7 Å². The molecule has 0 spiro atoms. The van der Waals surface area contributed by atoms with E-state index >= 15 is 0 Å². The molecule has 4 rings (SSSR count). The van der Waals surface area contributed by atoms with Gasteiger partial charge in [0.2, 0.25) is 0 Å². The third kappa shape index (κ3) is 4.05. The molecule has 0 aliphatic carbocycles. The van der Waals surface area contributed by atoms with Gasteiger partial charge in [-0.2, -0.15) is 5.10 Å². The van der Waals surface area contributed by atoms with Crippen LogP contribution in [0.3, 0.4) is 0 Å². The van der Waals surface area contributed by atoms with E-state index in [1.54, 1.807) is 18.3 Å². The maximum Gasteiger partial charge on any atom is 0.277 e. The number of nitrogens with zero attached hydrogens (tertiary/aromatic N) is 1. The Balaban J connectivity index is 1.51. The first-order chi connectivity index (χ1) is 13.7. The lowest BCUT2D eigenvalue weighted by Gasteiger charge is -2.08. The summed E-state index contributed by atoms with van der Waals surface area (Å²) in [6, 6.07) is 25.7. The Morgan fingerprint density at radius 3 is 2.18 bits per heavy atom. The average Bonchev–Trinajstić information content (AvgIpc) is 2.73. The first kappa shape index (κ1) is 18.2. The number of hydrogen-bond acceptors (Lipinski definition) is 3. The number of carbonyl (C=O) groups is 1. The molecule has 0 atom stereocenters. The summed E-state index contributed by atoms with van der Waals surface area (Å²) in [7, 11) is 0. The van der Waals surface area contributed by atoms with Crippen LogP contribution in [-0.4, -0.2) is 18.7 Å². The van der Waals surface area contributed by atoms with Gasteiger partial charge < -0.3 is 4.74 Å². The smallest absolute Gasteiger partial charge is 0.277 e. The lowest BCUT2D eigenvalue weighted by atomic mass is 9.97. The van der Waals surface area contributed by atoms with Crippen molar-refractivity contribution in [2.75, 3.05) is 6.61 Å². The Morgan fingerprint density at radius 2 is 1.54 bits per heavy atom. The predicted octanol–water partition coefficient (Wildman–Crippen LogP) is 5.28. The van der Waals surface area contributed by atoms with E-state index in [1.807, 2.05) is 36.4 Å². The molecule has 4 aromatic rings. The van der Waals surface area contributed by atoms with Crippen LogP contribution in [0, 0.1) is 0 Å². The van der Waals surface area contributed by atoms with Crippen LogP contribution in [0.2, 0.25) is 0 Å². The van der Waals surface area contributed by atoms with Gasteiger partial charge in [-0.3, -0.25) is 4.79 Å². The number of amides is 1. The van der Waals surface area contributed by atoms with E-state index in [2.05, 4.69) is 56.8 Å². The predicted molar refractivity (Wildman–Crippen MR) is 117 cm³/mol. The largest absolute Gasteiger partial charge is 0.484 e. The van der Waals surface area contributed by atoms with Crippen molar-refractivity contribution in [1.82, 2.24) is 5.43 Å². The molecule has 4 nitrogen and oxygen atoms in total. The Kier molecular flexibility index (Phi) is 5.35. The Labute approximate surface area is 171 Å². The van der Waals surface area contributed by atoms with E-state index < -0.39 is 0 Å². The lowest BCUT2D eigenvalue weighted by Crippen LogP contribution is -2.24. The zero-order valence-electron chi connectivity index (χ0n) is 14.9. The Bertz CT molecular complexity index is 1120. The molecule has 0 radical (unpaired) electrons. The number of carbonyl (C=O) groups excluding carboxylic acids is 1. The highest BCUT2D eigenvalue weighted by atomic mass is 79.9. The van der Waals surface area contributed by atoms with Crippen molar-refractivity contribution in [3.05, 3.63) is 88.9 Å². The summed E-state index contributed by atoms with van der Waals surface area (Å²) in [5.74, 6) is 0.311. The van der Waals surface area contributed by atoms with Crippen LogP contribution in [0.5, 0.6) is 5.75 Å². The van der Waals surface area contributed by atoms with Crippen LogP contribution in [0.25, 0.3) is 21.5 Å². The first-order valence-electron chi connectivity index (χ1n) is 8.81. The summed E-state index contributed by atoms with van der Waals surface area (Å²) >= 11 is 3.36. The number of ether oxygens (including phenoxy) is 1. The molecule has 0 fully saturated rings. The molecule has 0 saturated carbocycles. The Morgan fingerprint density at radius 1 is 0.929 bits per heavy atom. The molecule has 0 aromatic heterocycles. The minimum atomic E-state index is -0.316. The molecular formula is C23H17BrN2O2. The van der Waals surface area contributed by atoms with Crippen LogP contribution >= 0.6 is 15.9 Å². The molecule has 1 N–H and O–H groups in total. The van der Waals surface area contributed by atoms with Crippen molar-refractivity contribution in [1.29, 1.82) is 0 Å². The zero-order valence-corrected chi connectivity index (χ0v) is 16.5. The number of benzene rings is 4. The summed E-state index contributed by atoms with van der Waals surface area (Å²) in [5, 5.41) is 8.60. The van der Waals surface area contributed by atoms with Crippen LogP contribution in [0.1, 0.15) is 5.56 Å². The summed E-state index contributed by atoms with van der Waals surface area (Å²) < 4.78 is 6.41. The SMILES string of the molecule is O=C(COc1ccc(Br)cc1)NN=Cc1c2ccccc2cc2ccccc12. The number of halogens is 1. The molecule has 28 heavy (non-hydrogen) atoms. The minimum absolute atomic E-state index is 0.102. The van der Waals surface area contributed by atoms with Gasteiger partial charge in [0.1, 0.15) is 5.75 Å². The van der Waals surface area contributed by atoms with E-state index in [0.29, 0.717) is 5.75 Å². The van der Waals surface area contributed by atoms with Gasteiger partial charge in [0.05, 0.1) is 6.21 Å². The second kappa shape index (κ2) is 8.23. The summed E-state index contributed by atoms with van der Waals surface area (Å²) in [6.07, 6.45) is 1.70. The monoisotopic (exact) mass is 432 g/mol. The van der Waals surface area contributed by atoms with Crippen molar-refractivity contribution < 1.29 is 9.53 Å². The fourth-order valence-electron chi connectivity index (χ4n) is 3.07. The third-order valence-electron chi connectivity index (χ3n) is 4.38. The minimum Gasteiger partial charge on any atom is -0.484 e. The molecule has 0 aliphatic rings. The lowest BCUT2D eigenvalue weighted by molar-refractivity contribution is -0.123. The van der Waals surface area contributed by atoms with Crippen molar-refractivity contribution in [3.8, 4) is 5.75 Å². The molecule has 0 saturated heterocycles. The van der Waals surface area contributed by atoms with Gasteiger partial charge >= 0.3 is 0 Å². The molecule has 0 aliphatic heterocycles. The molecular weight excluding hydrogens is 416 g/mol. The Hall–Kier alpha value is -3.18. The number of rotatable bonds is 5. The highest BCUT2D eigenvalue weighted by Gasteiger charge is 2.06. The molecule has 0 heterocycles. The van der Waals surface area contributed by atoms with Gasteiger partial charge in [-0.1, -0.05) is 64.5 Å². The van der Waals surface area contributed by atoms with Crippen LogP contribution in [0.4, 0.5) is 0 Å². The number of hydrazone groups is 1. The van der Waals surface area contributed by atoms with Crippen LogP contribution in [0.15, 0.2) is 88.4 Å². The van der Waals surface area contributed by atoms with E-state index in [9.17, 15) is 4.79 Å². The third-order valence-corrected chi connectivity index (χ3v) is 4.91. The first-order valence-corrected chi connectivity index (χ1v) is 9.61. The second-order valence-electron chi connectivity index (χ2n) is 6.27. The van der Waals surface area contributed by atoms with Gasteiger partial charge in [-0.05, 0) is 51.9 Å². The van der Waals surface area contributed by atoms with Gasteiger partial charge in [-0.15, -0.1) is 0 Å². The van der Waals surface area contributed by atoms with Crippen molar-refractivity contribution in [3.63, 3.8) is 0 Å². The number of hydrogen-bond donors (Lipinski definition) is 1. The zero-order chi connectivity index (χ0) is 19.3. The molecule has 138 valence electrons. The molecule has 5 heteroatoms. The molecule has 1 amide bonds. The highest BCUT2D eigenvalue weighted by molar-refractivity contribution is 9.10. The normalized spacial score (nSPS) is 11.2. The summed E-state index contributed by atoms with van der Waals surface area (Å²) in [6.45, 7) is -0.102. The number of nitrogens with one attached hydrogen (secondary N) is 1. The van der Waals surface area contributed by atoms with Gasteiger partial charge in [0, 0.05) is 10.0 Å². The van der Waals surface area contributed by atoms with Gasteiger partial charge in [0.25, 0.3) is 5.91 Å². The standard InChI is InChI=1S/C23H17BrN2O2/c24-18-9-11-19(12-10-18)28-15-23(27)26-25-14-22-20-7-3-1-5-16(20)13-17-6-2-4-8-21(17)22/h1-14H,15H2,(H,26,27). The van der Waals surface area contributed by atoms with Crippen LogP contribution < -0.4 is 10.2 Å². The van der Waals surface area contributed by atoms with Gasteiger partial charge in [-0.25, -0.2) is 5.43 Å². The maximum absolute atomic E-state index is 12.0.